The number of aromatic nitrogens is 1. The first-order valence-electron chi connectivity index (χ1n) is 6.50. The van der Waals surface area contributed by atoms with Crippen LogP contribution in [0.3, 0.4) is 0 Å². The molecular weight excluding hydrogens is 288 g/mol. The zero-order valence-electron chi connectivity index (χ0n) is 11.7. The van der Waals surface area contributed by atoms with Gasteiger partial charge < -0.3 is 15.8 Å². The summed E-state index contributed by atoms with van der Waals surface area (Å²) in [6.07, 6.45) is 2.61. The van der Waals surface area contributed by atoms with Gasteiger partial charge in [-0.25, -0.2) is 0 Å². The number of likely N-dealkylation sites (N-methyl/N-ethyl adjacent to an activating group) is 1. The van der Waals surface area contributed by atoms with Gasteiger partial charge in [0.15, 0.2) is 5.84 Å². The van der Waals surface area contributed by atoms with E-state index in [1.165, 1.54) is 0 Å². The van der Waals surface area contributed by atoms with Crippen LogP contribution in [0, 0.1) is 0 Å². The number of halogens is 1. The summed E-state index contributed by atoms with van der Waals surface area (Å²) in [6, 6.07) is 11.2. The Balaban J connectivity index is 2.07. The van der Waals surface area contributed by atoms with Gasteiger partial charge in [-0.2, -0.15) is 0 Å². The first kappa shape index (κ1) is 15.1. The smallest absolute Gasteiger partial charge is 0.170 e. The van der Waals surface area contributed by atoms with Gasteiger partial charge in [0, 0.05) is 37.5 Å². The Morgan fingerprint density at radius 2 is 2.19 bits per heavy atom. The van der Waals surface area contributed by atoms with E-state index in [1.807, 2.05) is 36.2 Å². The summed E-state index contributed by atoms with van der Waals surface area (Å²) >= 11 is 6.26. The molecule has 21 heavy (non-hydrogen) atoms. The van der Waals surface area contributed by atoms with Gasteiger partial charge in [-0.05, 0) is 30.3 Å². The molecule has 0 saturated heterocycles. The summed E-state index contributed by atoms with van der Waals surface area (Å²) in [4.78, 5) is 6.34. The molecule has 0 aliphatic rings. The molecule has 0 aliphatic heterocycles. The summed E-state index contributed by atoms with van der Waals surface area (Å²) in [6.45, 7) is 0.791. The zero-order valence-corrected chi connectivity index (χ0v) is 12.5. The number of rotatable bonds is 5. The minimum atomic E-state index is 0.0413. The Morgan fingerprint density at radius 3 is 2.81 bits per heavy atom. The molecule has 6 heteroatoms. The molecule has 0 radical (unpaired) electrons. The SMILES string of the molecule is CN(CCc1ccccn1)c1ccc(C(N)=NO)cc1Cl. The van der Waals surface area contributed by atoms with Gasteiger partial charge in [-0.1, -0.05) is 22.8 Å². The maximum Gasteiger partial charge on any atom is 0.170 e. The monoisotopic (exact) mass is 304 g/mol. The maximum absolute atomic E-state index is 8.67. The average molecular weight is 305 g/mol. The molecule has 0 unspecified atom stereocenters. The third-order valence-electron chi connectivity index (χ3n) is 3.19. The van der Waals surface area contributed by atoms with Crippen molar-refractivity contribution >= 4 is 23.1 Å². The molecule has 3 N–H and O–H groups in total. The molecule has 0 fully saturated rings. The number of hydrogen-bond acceptors (Lipinski definition) is 4. The third-order valence-corrected chi connectivity index (χ3v) is 3.49. The van der Waals surface area contributed by atoms with Crippen molar-refractivity contribution in [3.8, 4) is 0 Å². The van der Waals surface area contributed by atoms with Crippen LogP contribution in [-0.2, 0) is 6.42 Å². The lowest BCUT2D eigenvalue weighted by Gasteiger charge is -2.20. The molecule has 110 valence electrons. The normalized spacial score (nSPS) is 11.4. The molecule has 0 aliphatic carbocycles. The van der Waals surface area contributed by atoms with Crippen molar-refractivity contribution in [1.29, 1.82) is 0 Å². The summed E-state index contributed by atoms with van der Waals surface area (Å²) < 4.78 is 0. The molecule has 0 bridgehead atoms. The molecule has 2 rings (SSSR count). The van der Waals surface area contributed by atoms with Gasteiger partial charge in [0.2, 0.25) is 0 Å². The van der Waals surface area contributed by atoms with E-state index in [0.29, 0.717) is 10.6 Å². The van der Waals surface area contributed by atoms with Crippen LogP contribution in [0.25, 0.3) is 0 Å². The number of amidine groups is 1. The van der Waals surface area contributed by atoms with Crippen LogP contribution in [-0.4, -0.2) is 29.6 Å². The Labute approximate surface area is 128 Å². The summed E-state index contributed by atoms with van der Waals surface area (Å²) in [5.74, 6) is 0.0413. The van der Waals surface area contributed by atoms with E-state index in [0.717, 1.165) is 24.3 Å². The van der Waals surface area contributed by atoms with Crippen molar-refractivity contribution < 1.29 is 5.21 Å². The molecule has 1 heterocycles. The van der Waals surface area contributed by atoms with Crippen LogP contribution >= 0.6 is 11.6 Å². The minimum Gasteiger partial charge on any atom is -0.409 e. The molecule has 0 saturated carbocycles. The highest BCUT2D eigenvalue weighted by Gasteiger charge is 2.09. The number of nitrogens with two attached hydrogens (primary N) is 1. The second-order valence-electron chi connectivity index (χ2n) is 4.64. The van der Waals surface area contributed by atoms with Crippen LogP contribution in [0.2, 0.25) is 5.02 Å². The molecule has 1 aromatic heterocycles. The summed E-state index contributed by atoms with van der Waals surface area (Å²) in [5, 5.41) is 12.2. The highest BCUT2D eigenvalue weighted by molar-refractivity contribution is 6.33. The molecule has 2 aromatic rings. The first-order chi connectivity index (χ1) is 10.1. The van der Waals surface area contributed by atoms with Crippen molar-refractivity contribution in [1.82, 2.24) is 4.98 Å². The van der Waals surface area contributed by atoms with Gasteiger partial charge in [-0.15, -0.1) is 0 Å². The van der Waals surface area contributed by atoms with Crippen LogP contribution < -0.4 is 10.6 Å². The van der Waals surface area contributed by atoms with E-state index in [-0.39, 0.29) is 5.84 Å². The maximum atomic E-state index is 8.67. The van der Waals surface area contributed by atoms with E-state index in [2.05, 4.69) is 10.1 Å². The summed E-state index contributed by atoms with van der Waals surface area (Å²) in [5.41, 5.74) is 8.06. The van der Waals surface area contributed by atoms with Gasteiger partial charge in [0.05, 0.1) is 10.7 Å². The average Bonchev–Trinajstić information content (AvgIpc) is 2.52. The second-order valence-corrected chi connectivity index (χ2v) is 5.05. The van der Waals surface area contributed by atoms with E-state index in [4.69, 9.17) is 22.5 Å². The van der Waals surface area contributed by atoms with E-state index >= 15 is 0 Å². The molecule has 0 spiro atoms. The first-order valence-corrected chi connectivity index (χ1v) is 6.88. The van der Waals surface area contributed by atoms with Gasteiger partial charge in [0.25, 0.3) is 0 Å². The van der Waals surface area contributed by atoms with Crippen molar-refractivity contribution in [2.45, 2.75) is 6.42 Å². The molecule has 1 aromatic carbocycles. The lowest BCUT2D eigenvalue weighted by Crippen LogP contribution is -2.21. The quantitative estimate of drug-likeness (QED) is 0.385. The van der Waals surface area contributed by atoms with Crippen LogP contribution in [0.5, 0.6) is 0 Å². The highest BCUT2D eigenvalue weighted by atomic mass is 35.5. The van der Waals surface area contributed by atoms with Crippen LogP contribution in [0.1, 0.15) is 11.3 Å². The van der Waals surface area contributed by atoms with Gasteiger partial charge >= 0.3 is 0 Å². The number of benzene rings is 1. The molecule has 5 nitrogen and oxygen atoms in total. The van der Waals surface area contributed by atoms with E-state index in [1.54, 1.807) is 18.3 Å². The lowest BCUT2D eigenvalue weighted by atomic mass is 10.1. The number of oxime groups is 1. The Bertz CT molecular complexity index is 631. The second kappa shape index (κ2) is 6.95. The van der Waals surface area contributed by atoms with Crippen molar-refractivity contribution in [2.75, 3.05) is 18.5 Å². The Hall–Kier alpha value is -2.27. The van der Waals surface area contributed by atoms with Crippen LogP contribution in [0.15, 0.2) is 47.8 Å². The zero-order chi connectivity index (χ0) is 15.2. The Kier molecular flexibility index (Phi) is 5.00. The predicted octanol–water partition coefficient (Wildman–Crippen LogP) is 2.51. The van der Waals surface area contributed by atoms with Crippen molar-refractivity contribution in [3.63, 3.8) is 0 Å². The molecular formula is C15H17ClN4O. The number of hydrogen-bond donors (Lipinski definition) is 2. The van der Waals surface area contributed by atoms with Crippen molar-refractivity contribution in [3.05, 3.63) is 58.9 Å². The standard InChI is InChI=1S/C15H17ClN4O/c1-20(9-7-12-4-2-3-8-18-12)14-6-5-11(10-13(14)16)15(17)19-21/h2-6,8,10,21H,7,9H2,1H3,(H2,17,19). The topological polar surface area (TPSA) is 74.7 Å². The Morgan fingerprint density at radius 1 is 1.38 bits per heavy atom. The fourth-order valence-corrected chi connectivity index (χ4v) is 2.31. The highest BCUT2D eigenvalue weighted by Crippen LogP contribution is 2.26. The largest absolute Gasteiger partial charge is 0.409 e. The third kappa shape index (κ3) is 3.86. The van der Waals surface area contributed by atoms with Gasteiger partial charge in [0.1, 0.15) is 0 Å². The number of pyridine rings is 1. The minimum absolute atomic E-state index is 0.0413. The number of nitrogens with zero attached hydrogens (tertiary/aromatic N) is 3. The number of anilines is 1. The fraction of sp³-hybridized carbons (Fsp3) is 0.200. The fourth-order valence-electron chi connectivity index (χ4n) is 1.98. The lowest BCUT2D eigenvalue weighted by molar-refractivity contribution is 0.318. The van der Waals surface area contributed by atoms with E-state index < -0.39 is 0 Å². The molecule has 0 amide bonds. The molecule has 0 atom stereocenters. The van der Waals surface area contributed by atoms with Crippen LogP contribution in [0.4, 0.5) is 5.69 Å². The van der Waals surface area contributed by atoms with E-state index in [9.17, 15) is 0 Å². The predicted molar refractivity (Wildman–Crippen MR) is 85.2 cm³/mol. The van der Waals surface area contributed by atoms with Crippen molar-refractivity contribution in [2.24, 2.45) is 10.9 Å². The summed E-state index contributed by atoms with van der Waals surface area (Å²) in [7, 11) is 1.97. The van der Waals surface area contributed by atoms with Gasteiger partial charge in [-0.3, -0.25) is 4.98 Å².